The molecule has 1 atom stereocenters. The van der Waals surface area contributed by atoms with Crippen molar-refractivity contribution in [1.29, 1.82) is 0 Å². The molecule has 4 heteroatoms. The van der Waals surface area contributed by atoms with Crippen LogP contribution in [0.25, 0.3) is 0 Å². The third-order valence-corrected chi connectivity index (χ3v) is 4.36. The molecule has 19 heavy (non-hydrogen) atoms. The van der Waals surface area contributed by atoms with Crippen molar-refractivity contribution in [1.82, 2.24) is 15.1 Å². The molecule has 1 saturated carbocycles. The summed E-state index contributed by atoms with van der Waals surface area (Å²) < 4.78 is 7.97. The SMILES string of the molecule is c1cn(C2CCCC2)nc1COCC1CCCNC1. The van der Waals surface area contributed by atoms with Gasteiger partial charge in [-0.25, -0.2) is 0 Å². The number of nitrogens with zero attached hydrogens (tertiary/aromatic N) is 2. The van der Waals surface area contributed by atoms with E-state index in [1.807, 2.05) is 0 Å². The summed E-state index contributed by atoms with van der Waals surface area (Å²) in [6, 6.07) is 2.74. The monoisotopic (exact) mass is 263 g/mol. The van der Waals surface area contributed by atoms with Crippen molar-refractivity contribution in [3.63, 3.8) is 0 Å². The maximum Gasteiger partial charge on any atom is 0.0906 e. The predicted molar refractivity (Wildman–Crippen MR) is 75.0 cm³/mol. The highest BCUT2D eigenvalue weighted by Gasteiger charge is 2.17. The number of hydrogen-bond acceptors (Lipinski definition) is 3. The second-order valence-electron chi connectivity index (χ2n) is 5.95. The van der Waals surface area contributed by atoms with E-state index in [9.17, 15) is 0 Å². The molecule has 4 nitrogen and oxygen atoms in total. The molecule has 2 aliphatic rings. The van der Waals surface area contributed by atoms with E-state index >= 15 is 0 Å². The quantitative estimate of drug-likeness (QED) is 0.887. The summed E-state index contributed by atoms with van der Waals surface area (Å²) in [4.78, 5) is 0. The van der Waals surface area contributed by atoms with Crippen LogP contribution >= 0.6 is 0 Å². The number of ether oxygens (including phenoxy) is 1. The van der Waals surface area contributed by atoms with Crippen molar-refractivity contribution in [3.05, 3.63) is 18.0 Å². The zero-order valence-corrected chi connectivity index (χ0v) is 11.7. The molecular weight excluding hydrogens is 238 g/mol. The van der Waals surface area contributed by atoms with Gasteiger partial charge < -0.3 is 10.1 Å². The fraction of sp³-hybridized carbons (Fsp3) is 0.800. The Morgan fingerprint density at radius 2 is 2.16 bits per heavy atom. The fourth-order valence-corrected chi connectivity index (χ4v) is 3.22. The highest BCUT2D eigenvalue weighted by molar-refractivity contribution is 4.98. The summed E-state index contributed by atoms with van der Waals surface area (Å²) >= 11 is 0. The Bertz CT molecular complexity index is 378. The number of nitrogens with one attached hydrogen (secondary N) is 1. The van der Waals surface area contributed by atoms with Gasteiger partial charge in [-0.2, -0.15) is 5.10 Å². The second-order valence-corrected chi connectivity index (χ2v) is 5.95. The third kappa shape index (κ3) is 3.57. The summed E-state index contributed by atoms with van der Waals surface area (Å²) in [5.41, 5.74) is 1.08. The van der Waals surface area contributed by atoms with Crippen LogP contribution in [0, 0.1) is 5.92 Å². The van der Waals surface area contributed by atoms with Gasteiger partial charge in [0.15, 0.2) is 0 Å². The van der Waals surface area contributed by atoms with Crippen molar-refractivity contribution in [2.24, 2.45) is 5.92 Å². The first-order valence-corrected chi connectivity index (χ1v) is 7.74. The molecule has 1 aliphatic carbocycles. The van der Waals surface area contributed by atoms with Crippen molar-refractivity contribution >= 4 is 0 Å². The van der Waals surface area contributed by atoms with Gasteiger partial charge >= 0.3 is 0 Å². The maximum atomic E-state index is 5.82. The molecule has 2 fully saturated rings. The van der Waals surface area contributed by atoms with Crippen LogP contribution in [-0.4, -0.2) is 29.5 Å². The minimum atomic E-state index is 0.635. The van der Waals surface area contributed by atoms with E-state index in [0.717, 1.165) is 18.8 Å². The lowest BCUT2D eigenvalue weighted by atomic mass is 10.0. The van der Waals surface area contributed by atoms with Gasteiger partial charge in [-0.1, -0.05) is 12.8 Å². The lowest BCUT2D eigenvalue weighted by Crippen LogP contribution is -2.32. The highest BCUT2D eigenvalue weighted by Crippen LogP contribution is 2.28. The van der Waals surface area contributed by atoms with E-state index in [1.54, 1.807) is 0 Å². The van der Waals surface area contributed by atoms with E-state index in [2.05, 4.69) is 27.4 Å². The number of rotatable bonds is 5. The minimum Gasteiger partial charge on any atom is -0.375 e. The molecular formula is C15H25N3O. The number of hydrogen-bond donors (Lipinski definition) is 1. The molecule has 2 heterocycles. The van der Waals surface area contributed by atoms with Crippen LogP contribution in [0.4, 0.5) is 0 Å². The second kappa shape index (κ2) is 6.53. The fourth-order valence-electron chi connectivity index (χ4n) is 3.22. The van der Waals surface area contributed by atoms with Crippen molar-refractivity contribution in [2.75, 3.05) is 19.7 Å². The van der Waals surface area contributed by atoms with Gasteiger partial charge in [0, 0.05) is 12.7 Å². The van der Waals surface area contributed by atoms with E-state index in [1.165, 1.54) is 45.1 Å². The average molecular weight is 263 g/mol. The molecule has 0 amide bonds. The lowest BCUT2D eigenvalue weighted by Gasteiger charge is -2.22. The van der Waals surface area contributed by atoms with Gasteiger partial charge in [-0.05, 0) is 44.2 Å². The summed E-state index contributed by atoms with van der Waals surface area (Å²) in [7, 11) is 0. The Labute approximate surface area is 115 Å². The Morgan fingerprint density at radius 3 is 2.95 bits per heavy atom. The van der Waals surface area contributed by atoms with Crippen molar-refractivity contribution in [3.8, 4) is 0 Å². The Morgan fingerprint density at radius 1 is 1.26 bits per heavy atom. The topological polar surface area (TPSA) is 39.1 Å². The summed E-state index contributed by atoms with van der Waals surface area (Å²) in [6.07, 6.45) is 9.98. The molecule has 3 rings (SSSR count). The molecule has 1 aromatic heterocycles. The maximum absolute atomic E-state index is 5.82. The largest absolute Gasteiger partial charge is 0.375 e. The Hall–Kier alpha value is -0.870. The van der Waals surface area contributed by atoms with E-state index in [-0.39, 0.29) is 0 Å². The van der Waals surface area contributed by atoms with Crippen LogP contribution in [0.5, 0.6) is 0 Å². The van der Waals surface area contributed by atoms with Crippen LogP contribution in [-0.2, 0) is 11.3 Å². The van der Waals surface area contributed by atoms with E-state index in [0.29, 0.717) is 18.6 Å². The molecule has 1 aliphatic heterocycles. The van der Waals surface area contributed by atoms with Crippen LogP contribution < -0.4 is 5.32 Å². The summed E-state index contributed by atoms with van der Waals surface area (Å²) in [5.74, 6) is 0.686. The summed E-state index contributed by atoms with van der Waals surface area (Å²) in [5, 5.41) is 8.08. The van der Waals surface area contributed by atoms with Crippen LogP contribution in [0.3, 0.4) is 0 Å². The normalized spacial score (nSPS) is 24.9. The van der Waals surface area contributed by atoms with Gasteiger partial charge in [-0.15, -0.1) is 0 Å². The lowest BCUT2D eigenvalue weighted by molar-refractivity contribution is 0.0759. The molecule has 0 bridgehead atoms. The molecule has 0 radical (unpaired) electrons. The zero-order chi connectivity index (χ0) is 12.9. The molecule has 0 spiro atoms. The number of piperidine rings is 1. The Kier molecular flexibility index (Phi) is 4.51. The van der Waals surface area contributed by atoms with Crippen molar-refractivity contribution in [2.45, 2.75) is 51.2 Å². The van der Waals surface area contributed by atoms with Crippen LogP contribution in [0.1, 0.15) is 50.3 Å². The predicted octanol–water partition coefficient (Wildman–Crippen LogP) is 2.51. The molecule has 106 valence electrons. The van der Waals surface area contributed by atoms with Gasteiger partial charge in [0.25, 0.3) is 0 Å². The Balaban J connectivity index is 1.42. The van der Waals surface area contributed by atoms with Gasteiger partial charge in [-0.3, -0.25) is 4.68 Å². The minimum absolute atomic E-state index is 0.635. The van der Waals surface area contributed by atoms with E-state index in [4.69, 9.17) is 4.74 Å². The first-order valence-electron chi connectivity index (χ1n) is 7.74. The molecule has 1 aromatic rings. The van der Waals surface area contributed by atoms with Gasteiger partial charge in [0.2, 0.25) is 0 Å². The molecule has 1 saturated heterocycles. The molecule has 1 N–H and O–H groups in total. The standard InChI is InChI=1S/C15H25N3O/c1-2-6-15(5-1)18-9-7-14(17-18)12-19-11-13-4-3-8-16-10-13/h7,9,13,15-16H,1-6,8,10-12H2. The average Bonchev–Trinajstić information content (AvgIpc) is 3.10. The summed E-state index contributed by atoms with van der Waals surface area (Å²) in [6.45, 7) is 3.80. The zero-order valence-electron chi connectivity index (χ0n) is 11.7. The van der Waals surface area contributed by atoms with Crippen molar-refractivity contribution < 1.29 is 4.74 Å². The third-order valence-electron chi connectivity index (χ3n) is 4.36. The number of aromatic nitrogens is 2. The smallest absolute Gasteiger partial charge is 0.0906 e. The molecule has 1 unspecified atom stereocenters. The first kappa shape index (κ1) is 13.1. The van der Waals surface area contributed by atoms with Crippen LogP contribution in [0.15, 0.2) is 12.3 Å². The van der Waals surface area contributed by atoms with Gasteiger partial charge in [0.1, 0.15) is 0 Å². The van der Waals surface area contributed by atoms with Gasteiger partial charge in [0.05, 0.1) is 24.9 Å². The highest BCUT2D eigenvalue weighted by atomic mass is 16.5. The van der Waals surface area contributed by atoms with E-state index < -0.39 is 0 Å². The molecule has 0 aromatic carbocycles. The van der Waals surface area contributed by atoms with Crippen LogP contribution in [0.2, 0.25) is 0 Å². The first-order chi connectivity index (χ1) is 9.42.